The summed E-state index contributed by atoms with van der Waals surface area (Å²) >= 11 is 0. The van der Waals surface area contributed by atoms with Gasteiger partial charge in [-0.1, -0.05) is 0 Å². The number of carboxylic acids is 1. The number of carboxylic acid groups (broad SMARTS) is 1. The molecule has 1 aliphatic heterocycles. The zero-order valence-electron chi connectivity index (χ0n) is 15.1. The zero-order valence-corrected chi connectivity index (χ0v) is 15.1. The normalized spacial score (nSPS) is 17.2. The van der Waals surface area contributed by atoms with Crippen LogP contribution in [0.15, 0.2) is 16.7 Å². The lowest BCUT2D eigenvalue weighted by Crippen LogP contribution is -2.50. The van der Waals surface area contributed by atoms with Crippen molar-refractivity contribution in [3.8, 4) is 0 Å². The van der Waals surface area contributed by atoms with E-state index in [4.69, 9.17) is 9.15 Å². The Morgan fingerprint density at radius 3 is 2.60 bits per heavy atom. The highest BCUT2D eigenvalue weighted by Gasteiger charge is 2.22. The van der Waals surface area contributed by atoms with Crippen molar-refractivity contribution in [3.05, 3.63) is 23.7 Å². The van der Waals surface area contributed by atoms with Crippen molar-refractivity contribution in [2.75, 3.05) is 54.0 Å². The van der Waals surface area contributed by atoms with Crippen LogP contribution < -0.4 is 10.4 Å². The molecule has 8 nitrogen and oxygen atoms in total. The fourth-order valence-corrected chi connectivity index (χ4v) is 2.85. The molecule has 1 N–H and O–H groups in total. The third kappa shape index (κ3) is 6.85. The van der Waals surface area contributed by atoms with E-state index in [2.05, 4.69) is 10.2 Å². The van der Waals surface area contributed by atoms with E-state index in [-0.39, 0.29) is 12.3 Å². The number of aliphatic carboxylic acids is 1. The number of nitrogens with one attached hydrogen (secondary N) is 1. The Morgan fingerprint density at radius 1 is 1.32 bits per heavy atom. The summed E-state index contributed by atoms with van der Waals surface area (Å²) in [5.41, 5.74) is 0.396. The van der Waals surface area contributed by atoms with E-state index in [9.17, 15) is 14.7 Å². The Labute approximate surface area is 147 Å². The van der Waals surface area contributed by atoms with Gasteiger partial charge in [-0.25, -0.2) is 0 Å². The summed E-state index contributed by atoms with van der Waals surface area (Å²) in [4.78, 5) is 25.5. The van der Waals surface area contributed by atoms with Gasteiger partial charge in [-0.15, -0.1) is 0 Å². The molecule has 0 aromatic carbocycles. The summed E-state index contributed by atoms with van der Waals surface area (Å²) in [6.45, 7) is 4.17. The molecule has 0 unspecified atom stereocenters. The van der Waals surface area contributed by atoms with Crippen molar-refractivity contribution >= 4 is 11.9 Å². The average Bonchev–Trinajstić information content (AvgIpc) is 2.94. The third-order valence-electron chi connectivity index (χ3n) is 3.92. The molecule has 1 aromatic heterocycles. The van der Waals surface area contributed by atoms with Gasteiger partial charge in [0, 0.05) is 25.5 Å². The average molecular weight is 353 g/mol. The maximum Gasteiger partial charge on any atom is 0.254 e. The van der Waals surface area contributed by atoms with Crippen LogP contribution in [0.5, 0.6) is 0 Å². The Bertz CT molecular complexity index is 587. The van der Waals surface area contributed by atoms with Crippen LogP contribution in [0.3, 0.4) is 0 Å². The predicted molar refractivity (Wildman–Crippen MR) is 88.6 cm³/mol. The van der Waals surface area contributed by atoms with Gasteiger partial charge in [0.2, 0.25) is 0 Å². The minimum Gasteiger partial charge on any atom is -0.550 e. The molecule has 0 aliphatic carbocycles. The molecule has 25 heavy (non-hydrogen) atoms. The van der Waals surface area contributed by atoms with Gasteiger partial charge in [0.25, 0.3) is 5.91 Å². The molecule has 1 aromatic rings. The van der Waals surface area contributed by atoms with Gasteiger partial charge in [0.1, 0.15) is 12.0 Å². The van der Waals surface area contributed by atoms with E-state index < -0.39 is 12.0 Å². The number of amides is 1. The number of carbonyl (C=O) groups is 2. The van der Waals surface area contributed by atoms with E-state index in [1.54, 1.807) is 6.07 Å². The van der Waals surface area contributed by atoms with Crippen LogP contribution in [-0.2, 0) is 16.1 Å². The number of ether oxygens (including phenoxy) is 1. The van der Waals surface area contributed by atoms with E-state index in [1.165, 1.54) is 6.26 Å². The predicted octanol–water partition coefficient (Wildman–Crippen LogP) is -0.944. The summed E-state index contributed by atoms with van der Waals surface area (Å²) in [5, 5.41) is 13.7. The largest absolute Gasteiger partial charge is 0.550 e. The first-order valence-corrected chi connectivity index (χ1v) is 8.41. The molecule has 0 spiro atoms. The van der Waals surface area contributed by atoms with Gasteiger partial charge >= 0.3 is 0 Å². The Morgan fingerprint density at radius 2 is 2.00 bits per heavy atom. The van der Waals surface area contributed by atoms with Crippen molar-refractivity contribution in [1.29, 1.82) is 0 Å². The molecule has 1 fully saturated rings. The molecule has 1 atom stereocenters. The van der Waals surface area contributed by atoms with Gasteiger partial charge in [-0.3, -0.25) is 9.69 Å². The molecular formula is C17H27N3O5. The second-order valence-electron chi connectivity index (χ2n) is 7.41. The number of quaternary nitrogens is 1. The fourth-order valence-electron chi connectivity index (χ4n) is 2.85. The molecule has 1 amide bonds. The standard InChI is InChI=1S/C17H27N3O5/c1-20(2,3)11-14(9-16(21)22)18-17(23)13-8-15(25-12-13)10-19-4-6-24-7-5-19/h8,12,14H,4-7,9-11H2,1-3H3,(H-,18,21,22,23)/t14-/m1/s1. The fraction of sp³-hybridized carbons (Fsp3) is 0.647. The molecule has 0 bridgehead atoms. The molecule has 1 saturated heterocycles. The number of nitrogens with zero attached hydrogens (tertiary/aromatic N) is 2. The van der Waals surface area contributed by atoms with E-state index in [0.717, 1.165) is 13.1 Å². The highest BCUT2D eigenvalue weighted by molar-refractivity contribution is 5.94. The van der Waals surface area contributed by atoms with Crippen LogP contribution in [-0.4, -0.2) is 81.3 Å². The molecule has 2 rings (SSSR count). The summed E-state index contributed by atoms with van der Waals surface area (Å²) in [6.07, 6.45) is 1.19. The van der Waals surface area contributed by atoms with Crippen molar-refractivity contribution in [2.24, 2.45) is 0 Å². The van der Waals surface area contributed by atoms with Crippen LogP contribution in [0.1, 0.15) is 22.5 Å². The van der Waals surface area contributed by atoms with Crippen molar-refractivity contribution in [1.82, 2.24) is 10.2 Å². The van der Waals surface area contributed by atoms with Gasteiger partial charge in [-0.2, -0.15) is 0 Å². The van der Waals surface area contributed by atoms with Gasteiger partial charge in [0.05, 0.1) is 59.1 Å². The smallest absolute Gasteiger partial charge is 0.254 e. The lowest BCUT2D eigenvalue weighted by atomic mass is 10.1. The summed E-state index contributed by atoms with van der Waals surface area (Å²) < 4.78 is 11.3. The molecular weight excluding hydrogens is 326 g/mol. The van der Waals surface area contributed by atoms with Gasteiger partial charge < -0.3 is 28.9 Å². The van der Waals surface area contributed by atoms with Crippen molar-refractivity contribution in [3.63, 3.8) is 0 Å². The highest BCUT2D eigenvalue weighted by atomic mass is 16.5. The third-order valence-corrected chi connectivity index (χ3v) is 3.92. The van der Waals surface area contributed by atoms with Crippen LogP contribution in [0.2, 0.25) is 0 Å². The van der Waals surface area contributed by atoms with Gasteiger partial charge in [0.15, 0.2) is 0 Å². The molecule has 2 heterocycles. The molecule has 140 valence electrons. The lowest BCUT2D eigenvalue weighted by molar-refractivity contribution is -0.871. The number of rotatable bonds is 8. The van der Waals surface area contributed by atoms with Crippen LogP contribution in [0, 0.1) is 0 Å². The number of morpholine rings is 1. The first-order chi connectivity index (χ1) is 11.7. The molecule has 1 aliphatic rings. The number of hydrogen-bond acceptors (Lipinski definition) is 6. The summed E-state index contributed by atoms with van der Waals surface area (Å²) in [7, 11) is 5.81. The second kappa shape index (κ2) is 8.46. The van der Waals surface area contributed by atoms with E-state index in [1.807, 2.05) is 21.1 Å². The first kappa shape index (κ1) is 19.4. The number of furan rings is 1. The minimum atomic E-state index is -1.18. The van der Waals surface area contributed by atoms with E-state index >= 15 is 0 Å². The lowest BCUT2D eigenvalue weighted by Gasteiger charge is -2.29. The van der Waals surface area contributed by atoms with Gasteiger partial charge in [-0.05, 0) is 6.07 Å². The maximum absolute atomic E-state index is 12.4. The first-order valence-electron chi connectivity index (χ1n) is 8.41. The molecule has 0 saturated carbocycles. The summed E-state index contributed by atoms with van der Waals surface area (Å²) in [6, 6.07) is 1.20. The Balaban J connectivity index is 1.94. The zero-order chi connectivity index (χ0) is 18.4. The highest BCUT2D eigenvalue weighted by Crippen LogP contribution is 2.12. The van der Waals surface area contributed by atoms with Crippen LogP contribution in [0.4, 0.5) is 0 Å². The number of likely N-dealkylation sites (N-methyl/N-ethyl adjacent to an activating group) is 1. The Hall–Kier alpha value is -1.90. The van der Waals surface area contributed by atoms with Crippen molar-refractivity contribution in [2.45, 2.75) is 19.0 Å². The maximum atomic E-state index is 12.4. The Kier molecular flexibility index (Phi) is 6.57. The van der Waals surface area contributed by atoms with Crippen molar-refractivity contribution < 1.29 is 28.3 Å². The SMILES string of the molecule is C[N+](C)(C)C[C@@H](CC(=O)[O-])NC(=O)c1coc(CN2CCOCC2)c1. The number of hydrogen-bond donors (Lipinski definition) is 1. The van der Waals surface area contributed by atoms with Crippen LogP contribution >= 0.6 is 0 Å². The van der Waals surface area contributed by atoms with E-state index in [0.29, 0.717) is 42.1 Å². The number of carbonyl (C=O) groups excluding carboxylic acids is 2. The quantitative estimate of drug-likeness (QED) is 0.606. The molecule has 8 heteroatoms. The minimum absolute atomic E-state index is 0.222. The topological polar surface area (TPSA) is 94.8 Å². The second-order valence-corrected chi connectivity index (χ2v) is 7.41. The summed E-state index contributed by atoms with van der Waals surface area (Å²) in [5.74, 6) is -0.814. The van der Waals surface area contributed by atoms with Crippen LogP contribution in [0.25, 0.3) is 0 Å². The monoisotopic (exact) mass is 353 g/mol. The molecule has 0 radical (unpaired) electrons.